The molecule has 0 saturated heterocycles. The van der Waals surface area contributed by atoms with Crippen molar-refractivity contribution in [2.75, 3.05) is 19.5 Å². The molecule has 0 atom stereocenters. The molecule has 0 aliphatic heterocycles. The fourth-order valence-corrected chi connectivity index (χ4v) is 3.31. The first kappa shape index (κ1) is 17.7. The molecular weight excluding hydrogens is 340 g/mol. The Kier molecular flexibility index (Phi) is 5.58. The molecule has 1 fully saturated rings. The summed E-state index contributed by atoms with van der Waals surface area (Å²) >= 11 is 6.28. The fraction of sp³-hybridized carbons (Fsp3) is 0.500. The predicted octanol–water partition coefficient (Wildman–Crippen LogP) is 4.20. The van der Waals surface area contributed by atoms with Crippen molar-refractivity contribution in [2.45, 2.75) is 38.6 Å². The lowest BCUT2D eigenvalue weighted by molar-refractivity contribution is 0.359. The van der Waals surface area contributed by atoms with Crippen LogP contribution < -0.4 is 14.8 Å². The topological polar surface area (TPSA) is 69.2 Å². The molecule has 2 aromatic rings. The summed E-state index contributed by atoms with van der Waals surface area (Å²) in [5, 5.41) is 3.91. The van der Waals surface area contributed by atoms with Gasteiger partial charge >= 0.3 is 0 Å². The van der Waals surface area contributed by atoms with Gasteiger partial charge in [-0.2, -0.15) is 4.98 Å². The standard InChI is InChI=1S/C18H23ClN4O2/c1-11-4-6-12(7-5-11)22-18-21-9-14(17(23-18)25-3)13-8-16(24-2)20-10-15(13)19/h8-12H,4-7H2,1-3H3,(H,21,22,23). The highest BCUT2D eigenvalue weighted by Crippen LogP contribution is 2.35. The lowest BCUT2D eigenvalue weighted by Crippen LogP contribution is -2.26. The second-order valence-electron chi connectivity index (χ2n) is 6.42. The van der Waals surface area contributed by atoms with Gasteiger partial charge in [0.05, 0.1) is 31.0 Å². The van der Waals surface area contributed by atoms with E-state index in [-0.39, 0.29) is 0 Å². The molecule has 0 spiro atoms. The number of methoxy groups -OCH3 is 2. The van der Waals surface area contributed by atoms with Crippen LogP contribution in [0.25, 0.3) is 11.1 Å². The number of nitrogens with one attached hydrogen (secondary N) is 1. The van der Waals surface area contributed by atoms with Crippen molar-refractivity contribution in [3.8, 4) is 22.9 Å². The van der Waals surface area contributed by atoms with Gasteiger partial charge < -0.3 is 14.8 Å². The van der Waals surface area contributed by atoms with E-state index in [0.29, 0.717) is 34.3 Å². The van der Waals surface area contributed by atoms with Gasteiger partial charge in [0.25, 0.3) is 0 Å². The Morgan fingerprint density at radius 2 is 1.80 bits per heavy atom. The van der Waals surface area contributed by atoms with Crippen LogP contribution in [-0.2, 0) is 0 Å². The molecule has 7 heteroatoms. The van der Waals surface area contributed by atoms with Gasteiger partial charge in [-0.05, 0) is 31.6 Å². The monoisotopic (exact) mass is 362 g/mol. The number of anilines is 1. The van der Waals surface area contributed by atoms with Gasteiger partial charge in [0, 0.05) is 23.9 Å². The Bertz CT molecular complexity index is 733. The second-order valence-corrected chi connectivity index (χ2v) is 6.83. The highest BCUT2D eigenvalue weighted by Gasteiger charge is 2.20. The molecule has 1 aliphatic rings. The molecule has 2 aromatic heterocycles. The Hall–Kier alpha value is -2.08. The minimum Gasteiger partial charge on any atom is -0.481 e. The average molecular weight is 363 g/mol. The molecule has 2 heterocycles. The molecule has 0 radical (unpaired) electrons. The highest BCUT2D eigenvalue weighted by molar-refractivity contribution is 6.33. The van der Waals surface area contributed by atoms with Gasteiger partial charge in [-0.3, -0.25) is 0 Å². The van der Waals surface area contributed by atoms with Gasteiger partial charge in [-0.15, -0.1) is 0 Å². The molecule has 6 nitrogen and oxygen atoms in total. The van der Waals surface area contributed by atoms with Crippen LogP contribution in [0.4, 0.5) is 5.95 Å². The summed E-state index contributed by atoms with van der Waals surface area (Å²) < 4.78 is 10.6. The molecule has 0 aromatic carbocycles. The third-order valence-corrected chi connectivity index (χ3v) is 4.93. The van der Waals surface area contributed by atoms with Crippen molar-refractivity contribution in [1.29, 1.82) is 0 Å². The maximum atomic E-state index is 6.28. The summed E-state index contributed by atoms with van der Waals surface area (Å²) in [4.78, 5) is 13.1. The van der Waals surface area contributed by atoms with Crippen molar-refractivity contribution >= 4 is 17.5 Å². The first-order chi connectivity index (χ1) is 12.1. The lowest BCUT2D eigenvalue weighted by atomic mass is 9.87. The molecule has 0 bridgehead atoms. The molecule has 0 amide bonds. The summed E-state index contributed by atoms with van der Waals surface area (Å²) in [6.45, 7) is 2.30. The minimum absolute atomic E-state index is 0.413. The van der Waals surface area contributed by atoms with E-state index in [9.17, 15) is 0 Å². The number of ether oxygens (including phenoxy) is 2. The van der Waals surface area contributed by atoms with E-state index in [1.54, 1.807) is 32.7 Å². The van der Waals surface area contributed by atoms with Crippen molar-refractivity contribution in [1.82, 2.24) is 15.0 Å². The van der Waals surface area contributed by atoms with Crippen LogP contribution in [0, 0.1) is 5.92 Å². The molecule has 3 rings (SSSR count). The van der Waals surface area contributed by atoms with E-state index in [1.807, 2.05) is 0 Å². The van der Waals surface area contributed by atoms with Gasteiger partial charge in [-0.25, -0.2) is 9.97 Å². The van der Waals surface area contributed by atoms with E-state index in [0.717, 1.165) is 24.3 Å². The van der Waals surface area contributed by atoms with Crippen LogP contribution in [-0.4, -0.2) is 35.2 Å². The first-order valence-corrected chi connectivity index (χ1v) is 8.86. The third kappa shape index (κ3) is 4.12. The van der Waals surface area contributed by atoms with Crippen LogP contribution in [0.15, 0.2) is 18.5 Å². The molecular formula is C18H23ClN4O2. The number of pyridine rings is 1. The smallest absolute Gasteiger partial charge is 0.226 e. The summed E-state index contributed by atoms with van der Waals surface area (Å²) in [5.74, 6) is 2.33. The van der Waals surface area contributed by atoms with E-state index in [1.165, 1.54) is 12.8 Å². The largest absolute Gasteiger partial charge is 0.481 e. The molecule has 134 valence electrons. The SMILES string of the molecule is COc1cc(-c2cnc(NC3CCC(C)CC3)nc2OC)c(Cl)cn1. The van der Waals surface area contributed by atoms with Crippen LogP contribution in [0.3, 0.4) is 0 Å². The summed E-state index contributed by atoms with van der Waals surface area (Å²) in [6, 6.07) is 2.16. The average Bonchev–Trinajstić information content (AvgIpc) is 2.64. The maximum absolute atomic E-state index is 6.28. The lowest BCUT2D eigenvalue weighted by Gasteiger charge is -2.27. The molecule has 1 aliphatic carbocycles. The molecule has 1 N–H and O–H groups in total. The zero-order valence-corrected chi connectivity index (χ0v) is 15.5. The third-order valence-electron chi connectivity index (χ3n) is 4.63. The minimum atomic E-state index is 0.413. The van der Waals surface area contributed by atoms with Gasteiger partial charge in [0.15, 0.2) is 0 Å². The summed E-state index contributed by atoms with van der Waals surface area (Å²) in [7, 11) is 3.15. The number of nitrogens with zero attached hydrogens (tertiary/aromatic N) is 3. The second kappa shape index (κ2) is 7.87. The number of rotatable bonds is 5. The molecule has 1 saturated carbocycles. The zero-order chi connectivity index (χ0) is 17.8. The Morgan fingerprint density at radius 3 is 2.48 bits per heavy atom. The van der Waals surface area contributed by atoms with Crippen LogP contribution in [0.1, 0.15) is 32.6 Å². The predicted molar refractivity (Wildman–Crippen MR) is 98.4 cm³/mol. The van der Waals surface area contributed by atoms with Crippen molar-refractivity contribution < 1.29 is 9.47 Å². The van der Waals surface area contributed by atoms with Crippen molar-refractivity contribution in [2.24, 2.45) is 5.92 Å². The van der Waals surface area contributed by atoms with E-state index in [2.05, 4.69) is 27.2 Å². The van der Waals surface area contributed by atoms with Crippen molar-refractivity contribution in [3.63, 3.8) is 0 Å². The normalized spacial score (nSPS) is 20.2. The molecule has 25 heavy (non-hydrogen) atoms. The Labute approximate surface area is 153 Å². The van der Waals surface area contributed by atoms with E-state index < -0.39 is 0 Å². The van der Waals surface area contributed by atoms with E-state index in [4.69, 9.17) is 21.1 Å². The quantitative estimate of drug-likeness (QED) is 0.859. The zero-order valence-electron chi connectivity index (χ0n) is 14.8. The number of halogens is 1. The fourth-order valence-electron chi connectivity index (χ4n) is 3.10. The maximum Gasteiger partial charge on any atom is 0.226 e. The van der Waals surface area contributed by atoms with Gasteiger partial charge in [0.1, 0.15) is 0 Å². The Balaban J connectivity index is 1.85. The van der Waals surface area contributed by atoms with Crippen LogP contribution >= 0.6 is 11.6 Å². The Morgan fingerprint density at radius 1 is 1.04 bits per heavy atom. The summed E-state index contributed by atoms with van der Waals surface area (Å²) in [6.07, 6.45) is 8.02. The number of hydrogen-bond donors (Lipinski definition) is 1. The van der Waals surface area contributed by atoms with Gasteiger partial charge in [0.2, 0.25) is 17.7 Å². The highest BCUT2D eigenvalue weighted by atomic mass is 35.5. The van der Waals surface area contributed by atoms with Crippen LogP contribution in [0.2, 0.25) is 5.02 Å². The first-order valence-electron chi connectivity index (χ1n) is 8.48. The number of hydrogen-bond acceptors (Lipinski definition) is 6. The summed E-state index contributed by atoms with van der Waals surface area (Å²) in [5.41, 5.74) is 1.43. The van der Waals surface area contributed by atoms with E-state index >= 15 is 0 Å². The van der Waals surface area contributed by atoms with Crippen LogP contribution in [0.5, 0.6) is 11.8 Å². The van der Waals surface area contributed by atoms with Gasteiger partial charge in [-0.1, -0.05) is 18.5 Å². The van der Waals surface area contributed by atoms with Crippen molar-refractivity contribution in [3.05, 3.63) is 23.5 Å². The number of aromatic nitrogens is 3. The molecule has 0 unspecified atom stereocenters.